The van der Waals surface area contributed by atoms with Gasteiger partial charge in [-0.2, -0.15) is 0 Å². The van der Waals surface area contributed by atoms with Gasteiger partial charge in [0.15, 0.2) is 5.78 Å². The number of rotatable bonds is 3. The van der Waals surface area contributed by atoms with Gasteiger partial charge >= 0.3 is 0 Å². The van der Waals surface area contributed by atoms with Crippen LogP contribution in [-0.4, -0.2) is 22.1 Å². The molecule has 29 heavy (non-hydrogen) atoms. The maximum absolute atomic E-state index is 12.5. The zero-order chi connectivity index (χ0) is 20.0. The standard InChI is InChI=1S/C24H16N2O2S/c1-14-6-11-20-21(12-14)29-24(26-20)15-7-9-16(10-8-15)25-13-19-22(27)17-4-2-3-5-18(17)23(19)28/h2-13,27H,1H3. The van der Waals surface area contributed by atoms with Crippen LogP contribution in [0.5, 0.6) is 0 Å². The van der Waals surface area contributed by atoms with Crippen molar-refractivity contribution in [3.05, 3.63) is 89.0 Å². The van der Waals surface area contributed by atoms with Crippen LogP contribution in [0.25, 0.3) is 26.5 Å². The molecule has 5 rings (SSSR count). The predicted octanol–water partition coefficient (Wildman–Crippen LogP) is 6.14. The summed E-state index contributed by atoms with van der Waals surface area (Å²) in [5.74, 6) is -0.223. The fraction of sp³-hybridized carbons (Fsp3) is 0.0417. The summed E-state index contributed by atoms with van der Waals surface area (Å²) < 4.78 is 1.17. The van der Waals surface area contributed by atoms with Gasteiger partial charge in [-0.05, 0) is 48.9 Å². The van der Waals surface area contributed by atoms with Gasteiger partial charge in [0, 0.05) is 22.9 Å². The maximum Gasteiger partial charge on any atom is 0.199 e. The van der Waals surface area contributed by atoms with E-state index in [1.54, 1.807) is 35.6 Å². The van der Waals surface area contributed by atoms with Gasteiger partial charge in [0.25, 0.3) is 0 Å². The second-order valence-electron chi connectivity index (χ2n) is 6.93. The van der Waals surface area contributed by atoms with E-state index in [2.05, 4.69) is 24.0 Å². The smallest absolute Gasteiger partial charge is 0.199 e. The van der Waals surface area contributed by atoms with Crippen LogP contribution in [0.15, 0.2) is 77.3 Å². The summed E-state index contributed by atoms with van der Waals surface area (Å²) in [7, 11) is 0. The molecule has 1 aromatic heterocycles. The molecule has 4 nitrogen and oxygen atoms in total. The van der Waals surface area contributed by atoms with Gasteiger partial charge in [-0.3, -0.25) is 9.79 Å². The molecule has 0 fully saturated rings. The summed E-state index contributed by atoms with van der Waals surface area (Å²) in [5.41, 5.74) is 5.23. The van der Waals surface area contributed by atoms with Crippen LogP contribution in [0.4, 0.5) is 5.69 Å². The molecule has 0 saturated carbocycles. The number of aliphatic hydroxyl groups excluding tert-OH is 1. The number of fused-ring (bicyclic) bond motifs is 2. The average molecular weight is 396 g/mol. The first kappa shape index (κ1) is 17.5. The summed E-state index contributed by atoms with van der Waals surface area (Å²) in [6.07, 6.45) is 1.44. The maximum atomic E-state index is 12.5. The van der Waals surface area contributed by atoms with E-state index in [9.17, 15) is 9.90 Å². The summed E-state index contributed by atoms with van der Waals surface area (Å²) in [5, 5.41) is 11.3. The molecule has 1 aliphatic rings. The van der Waals surface area contributed by atoms with Crippen LogP contribution in [0.2, 0.25) is 0 Å². The van der Waals surface area contributed by atoms with Gasteiger partial charge in [-0.15, -0.1) is 11.3 Å². The van der Waals surface area contributed by atoms with E-state index in [0.717, 1.165) is 16.1 Å². The number of aliphatic imine (C=N–C) groups is 1. The molecule has 0 aliphatic heterocycles. The number of aliphatic hydroxyl groups is 1. The van der Waals surface area contributed by atoms with Gasteiger partial charge in [-0.1, -0.05) is 30.3 Å². The lowest BCUT2D eigenvalue weighted by molar-refractivity contribution is 0.104. The van der Waals surface area contributed by atoms with Crippen LogP contribution in [0.3, 0.4) is 0 Å². The number of Topliss-reactive ketones (excluding diaryl/α,β-unsaturated/α-hetero) is 1. The number of nitrogens with zero attached hydrogens (tertiary/aromatic N) is 2. The van der Waals surface area contributed by atoms with Crippen molar-refractivity contribution in [2.75, 3.05) is 0 Å². The van der Waals surface area contributed by atoms with Crippen LogP contribution < -0.4 is 0 Å². The van der Waals surface area contributed by atoms with E-state index in [0.29, 0.717) is 16.8 Å². The average Bonchev–Trinajstić information content (AvgIpc) is 3.26. The number of aryl methyl sites for hydroxylation is 1. The molecule has 3 aromatic carbocycles. The molecule has 0 spiro atoms. The lowest BCUT2D eigenvalue weighted by Crippen LogP contribution is -1.99. The van der Waals surface area contributed by atoms with E-state index in [1.807, 2.05) is 30.3 Å². The van der Waals surface area contributed by atoms with Crippen molar-refractivity contribution in [3.8, 4) is 10.6 Å². The largest absolute Gasteiger partial charge is 0.506 e. The van der Waals surface area contributed by atoms with E-state index in [-0.39, 0.29) is 17.1 Å². The summed E-state index contributed by atoms with van der Waals surface area (Å²) >= 11 is 1.66. The highest BCUT2D eigenvalue weighted by molar-refractivity contribution is 7.21. The van der Waals surface area contributed by atoms with Crippen LogP contribution in [-0.2, 0) is 0 Å². The minimum absolute atomic E-state index is 0.0178. The van der Waals surface area contributed by atoms with Crippen LogP contribution >= 0.6 is 11.3 Å². The van der Waals surface area contributed by atoms with Gasteiger partial charge in [-0.25, -0.2) is 4.98 Å². The second kappa shape index (κ2) is 6.79. The molecule has 0 bridgehead atoms. The zero-order valence-electron chi connectivity index (χ0n) is 15.6. The highest BCUT2D eigenvalue weighted by Crippen LogP contribution is 2.32. The number of hydrogen-bond acceptors (Lipinski definition) is 5. The Morgan fingerprint density at radius 1 is 1.00 bits per heavy atom. The summed E-state index contributed by atoms with van der Waals surface area (Å²) in [6.45, 7) is 2.08. The molecule has 0 saturated heterocycles. The lowest BCUT2D eigenvalue weighted by Gasteiger charge is -1.98. The fourth-order valence-corrected chi connectivity index (χ4v) is 4.46. The molecule has 0 atom stereocenters. The monoisotopic (exact) mass is 396 g/mol. The number of benzene rings is 3. The number of carbonyl (C=O) groups is 1. The van der Waals surface area contributed by atoms with Gasteiger partial charge < -0.3 is 5.11 Å². The highest BCUT2D eigenvalue weighted by atomic mass is 32.1. The fourth-order valence-electron chi connectivity index (χ4n) is 3.39. The Balaban J connectivity index is 1.41. The first-order chi connectivity index (χ1) is 14.1. The third-order valence-electron chi connectivity index (χ3n) is 4.93. The van der Waals surface area contributed by atoms with Gasteiger partial charge in [0.05, 0.1) is 21.5 Å². The van der Waals surface area contributed by atoms with Crippen molar-refractivity contribution < 1.29 is 9.90 Å². The number of thiazole rings is 1. The highest BCUT2D eigenvalue weighted by Gasteiger charge is 2.27. The molecule has 5 heteroatoms. The first-order valence-corrected chi connectivity index (χ1v) is 10.0. The van der Waals surface area contributed by atoms with E-state index in [4.69, 9.17) is 4.98 Å². The van der Waals surface area contributed by atoms with Crippen molar-refractivity contribution in [1.29, 1.82) is 0 Å². The molecular formula is C24H16N2O2S. The normalized spacial score (nSPS) is 13.6. The number of hydrogen-bond donors (Lipinski definition) is 1. The third-order valence-corrected chi connectivity index (χ3v) is 5.99. The first-order valence-electron chi connectivity index (χ1n) is 9.19. The van der Waals surface area contributed by atoms with Gasteiger partial charge in [0.2, 0.25) is 0 Å². The van der Waals surface area contributed by atoms with Gasteiger partial charge in [0.1, 0.15) is 10.8 Å². The lowest BCUT2D eigenvalue weighted by atomic mass is 10.1. The predicted molar refractivity (Wildman–Crippen MR) is 118 cm³/mol. The Labute approximate surface area is 171 Å². The SMILES string of the molecule is Cc1ccc2nc(-c3ccc(N=CC4=C(O)c5ccccc5C4=O)cc3)sc2c1. The minimum Gasteiger partial charge on any atom is -0.506 e. The van der Waals surface area contributed by atoms with E-state index in [1.165, 1.54) is 16.5 Å². The van der Waals surface area contributed by atoms with E-state index < -0.39 is 0 Å². The molecule has 1 aliphatic carbocycles. The summed E-state index contributed by atoms with van der Waals surface area (Å²) in [6, 6.07) is 21.0. The van der Waals surface area contributed by atoms with Crippen molar-refractivity contribution in [2.45, 2.75) is 6.92 Å². The number of allylic oxidation sites excluding steroid dienone is 1. The van der Waals surface area contributed by atoms with Crippen LogP contribution in [0.1, 0.15) is 21.5 Å². The van der Waals surface area contributed by atoms with Crippen molar-refractivity contribution in [1.82, 2.24) is 4.98 Å². The van der Waals surface area contributed by atoms with E-state index >= 15 is 0 Å². The second-order valence-corrected chi connectivity index (χ2v) is 7.96. The Bertz CT molecular complexity index is 1330. The molecule has 0 unspecified atom stereocenters. The number of carbonyl (C=O) groups excluding carboxylic acids is 1. The molecule has 0 radical (unpaired) electrons. The van der Waals surface area contributed by atoms with Crippen molar-refractivity contribution in [3.63, 3.8) is 0 Å². The topological polar surface area (TPSA) is 62.6 Å². The molecule has 1 heterocycles. The van der Waals surface area contributed by atoms with Crippen LogP contribution in [0, 0.1) is 6.92 Å². The Kier molecular flexibility index (Phi) is 4.11. The Hall–Kier alpha value is -3.57. The Morgan fingerprint density at radius 2 is 1.76 bits per heavy atom. The number of ketones is 1. The molecule has 1 N–H and O–H groups in total. The summed E-state index contributed by atoms with van der Waals surface area (Å²) in [4.78, 5) is 21.5. The third kappa shape index (κ3) is 3.05. The van der Waals surface area contributed by atoms with Crippen molar-refractivity contribution in [2.24, 2.45) is 4.99 Å². The number of aromatic nitrogens is 1. The molecule has 0 amide bonds. The molecule has 4 aromatic rings. The zero-order valence-corrected chi connectivity index (χ0v) is 16.4. The Morgan fingerprint density at radius 3 is 2.52 bits per heavy atom. The van der Waals surface area contributed by atoms with Crippen molar-refractivity contribution >= 4 is 45.0 Å². The molecule has 140 valence electrons. The quantitative estimate of drug-likeness (QED) is 0.423. The molecular weight excluding hydrogens is 380 g/mol. The minimum atomic E-state index is -0.205.